The summed E-state index contributed by atoms with van der Waals surface area (Å²) in [5.41, 5.74) is 5.59. The van der Waals surface area contributed by atoms with Crippen LogP contribution in [0.5, 0.6) is 0 Å². The van der Waals surface area contributed by atoms with Crippen LogP contribution in [-0.4, -0.2) is 15.9 Å². The van der Waals surface area contributed by atoms with Crippen LogP contribution in [0.1, 0.15) is 44.9 Å². The molecular weight excluding hydrogens is 244 g/mol. The van der Waals surface area contributed by atoms with Crippen molar-refractivity contribution in [2.75, 3.05) is 11.1 Å². The average molecular weight is 264 g/mol. The van der Waals surface area contributed by atoms with Crippen LogP contribution >= 0.6 is 0 Å². The molecule has 1 aliphatic carbocycles. The van der Waals surface area contributed by atoms with Gasteiger partial charge in [-0.15, -0.1) is 0 Å². The molecule has 1 aliphatic rings. The Morgan fingerprint density at radius 1 is 1.21 bits per heavy atom. The molecule has 0 unspecified atom stereocenters. The number of hydrogen-bond acceptors (Lipinski definition) is 5. The Morgan fingerprint density at radius 3 is 2.47 bits per heavy atom. The highest BCUT2D eigenvalue weighted by Crippen LogP contribution is 2.23. The minimum Gasteiger partial charge on any atom is -0.383 e. The van der Waals surface area contributed by atoms with Gasteiger partial charge < -0.3 is 11.1 Å². The van der Waals surface area contributed by atoms with Gasteiger partial charge in [-0.1, -0.05) is 32.1 Å². The van der Waals surface area contributed by atoms with Crippen molar-refractivity contribution in [3.63, 3.8) is 0 Å². The Kier molecular flexibility index (Phi) is 4.54. The number of hydrogen-bond donors (Lipinski definition) is 2. The van der Waals surface area contributed by atoms with E-state index in [4.69, 9.17) is 5.73 Å². The van der Waals surface area contributed by atoms with E-state index >= 15 is 0 Å². The summed E-state index contributed by atoms with van der Waals surface area (Å²) in [5.74, 6) is 0.694. The van der Waals surface area contributed by atoms with E-state index in [9.17, 15) is 10.1 Å². The first-order valence-corrected chi connectivity index (χ1v) is 6.83. The van der Waals surface area contributed by atoms with E-state index in [1.165, 1.54) is 44.2 Å². The number of nitrogens with one attached hydrogen (secondary N) is 1. The molecule has 19 heavy (non-hydrogen) atoms. The highest BCUT2D eigenvalue weighted by molar-refractivity contribution is 5.53. The molecule has 1 saturated carbocycles. The van der Waals surface area contributed by atoms with E-state index in [1.807, 2.05) is 0 Å². The van der Waals surface area contributed by atoms with Gasteiger partial charge in [-0.05, 0) is 12.8 Å². The van der Waals surface area contributed by atoms with Crippen LogP contribution in [-0.2, 0) is 0 Å². The van der Waals surface area contributed by atoms with Crippen molar-refractivity contribution < 1.29 is 4.92 Å². The second kappa shape index (κ2) is 6.36. The zero-order chi connectivity index (χ0) is 13.7. The molecule has 6 heteroatoms. The van der Waals surface area contributed by atoms with E-state index < -0.39 is 4.92 Å². The van der Waals surface area contributed by atoms with Crippen molar-refractivity contribution in [1.29, 1.82) is 0 Å². The van der Waals surface area contributed by atoms with Gasteiger partial charge in [0, 0.05) is 6.04 Å². The van der Waals surface area contributed by atoms with Gasteiger partial charge in [0.2, 0.25) is 0 Å². The predicted molar refractivity (Wildman–Crippen MR) is 75.0 cm³/mol. The summed E-state index contributed by atoms with van der Waals surface area (Å²) >= 11 is 0. The van der Waals surface area contributed by atoms with Crippen LogP contribution in [0.25, 0.3) is 0 Å². The molecule has 1 aromatic heterocycles. The molecule has 3 N–H and O–H groups in total. The summed E-state index contributed by atoms with van der Waals surface area (Å²) in [7, 11) is 0. The third-order valence-electron chi connectivity index (χ3n) is 3.50. The smallest absolute Gasteiger partial charge is 0.276 e. The largest absolute Gasteiger partial charge is 0.383 e. The predicted octanol–water partition coefficient (Wildman–Crippen LogP) is 3.10. The molecule has 0 amide bonds. The number of pyridine rings is 1. The number of rotatable bonds is 3. The van der Waals surface area contributed by atoms with Gasteiger partial charge in [-0.25, -0.2) is 4.98 Å². The standard InChI is InChI=1S/C13H20N4O2/c14-12-8-11(17(18)19)9-13(16-12)15-10-6-4-2-1-3-5-7-10/h8-10H,1-7H2,(H3,14,15,16). The molecule has 0 spiro atoms. The fraction of sp³-hybridized carbons (Fsp3) is 0.615. The van der Waals surface area contributed by atoms with Crippen molar-refractivity contribution in [3.8, 4) is 0 Å². The molecule has 0 bridgehead atoms. The summed E-state index contributed by atoms with van der Waals surface area (Å²) in [6, 6.07) is 3.08. The lowest BCUT2D eigenvalue weighted by Crippen LogP contribution is -2.21. The van der Waals surface area contributed by atoms with Gasteiger partial charge in [-0.2, -0.15) is 0 Å². The zero-order valence-electron chi connectivity index (χ0n) is 11.0. The molecule has 0 aliphatic heterocycles. The fourth-order valence-corrected chi connectivity index (χ4v) is 2.53. The van der Waals surface area contributed by atoms with Gasteiger partial charge in [0.05, 0.1) is 17.1 Å². The molecule has 0 atom stereocenters. The Morgan fingerprint density at radius 2 is 1.84 bits per heavy atom. The third kappa shape index (κ3) is 4.08. The van der Waals surface area contributed by atoms with Gasteiger partial charge in [0.15, 0.2) is 0 Å². The van der Waals surface area contributed by atoms with E-state index in [2.05, 4.69) is 10.3 Å². The second-order valence-corrected chi connectivity index (χ2v) is 5.08. The third-order valence-corrected chi connectivity index (χ3v) is 3.50. The topological polar surface area (TPSA) is 94.1 Å². The molecule has 0 aromatic carbocycles. The molecule has 1 heterocycles. The lowest BCUT2D eigenvalue weighted by atomic mass is 9.97. The van der Waals surface area contributed by atoms with Crippen LogP contribution in [0.15, 0.2) is 12.1 Å². The maximum Gasteiger partial charge on any atom is 0.276 e. The van der Waals surface area contributed by atoms with Crippen molar-refractivity contribution in [3.05, 3.63) is 22.2 Å². The maximum atomic E-state index is 10.8. The molecule has 6 nitrogen and oxygen atoms in total. The van der Waals surface area contributed by atoms with E-state index in [1.54, 1.807) is 0 Å². The summed E-state index contributed by atoms with van der Waals surface area (Å²) in [5, 5.41) is 14.1. The van der Waals surface area contributed by atoms with E-state index in [-0.39, 0.29) is 11.5 Å². The zero-order valence-corrected chi connectivity index (χ0v) is 11.0. The molecular formula is C13H20N4O2. The molecule has 0 radical (unpaired) electrons. The second-order valence-electron chi connectivity index (χ2n) is 5.08. The van der Waals surface area contributed by atoms with E-state index in [0.717, 1.165) is 12.8 Å². The number of nitrogen functional groups attached to an aromatic ring is 1. The van der Waals surface area contributed by atoms with Crippen LogP contribution in [0.3, 0.4) is 0 Å². The number of anilines is 2. The average Bonchev–Trinajstić information content (AvgIpc) is 2.31. The number of nitro groups is 1. The van der Waals surface area contributed by atoms with Crippen molar-refractivity contribution in [2.45, 2.75) is 51.0 Å². The minimum absolute atomic E-state index is 0.0131. The molecule has 1 aromatic rings. The van der Waals surface area contributed by atoms with E-state index in [0.29, 0.717) is 11.9 Å². The number of nitrogens with two attached hydrogens (primary N) is 1. The monoisotopic (exact) mass is 264 g/mol. The fourth-order valence-electron chi connectivity index (χ4n) is 2.53. The summed E-state index contributed by atoms with van der Waals surface area (Å²) in [4.78, 5) is 14.5. The van der Waals surface area contributed by atoms with Crippen molar-refractivity contribution >= 4 is 17.3 Å². The van der Waals surface area contributed by atoms with Gasteiger partial charge >= 0.3 is 0 Å². The highest BCUT2D eigenvalue weighted by atomic mass is 16.6. The van der Waals surface area contributed by atoms with Crippen LogP contribution in [0.2, 0.25) is 0 Å². The van der Waals surface area contributed by atoms with Crippen LogP contribution < -0.4 is 11.1 Å². The Bertz CT molecular complexity index is 442. The van der Waals surface area contributed by atoms with Crippen LogP contribution in [0, 0.1) is 10.1 Å². The lowest BCUT2D eigenvalue weighted by Gasteiger charge is -2.21. The molecule has 0 saturated heterocycles. The van der Waals surface area contributed by atoms with Crippen LogP contribution in [0.4, 0.5) is 17.3 Å². The molecule has 104 valence electrons. The summed E-state index contributed by atoms with van der Waals surface area (Å²) < 4.78 is 0. The number of aromatic nitrogens is 1. The minimum atomic E-state index is -0.443. The Labute approximate surface area is 112 Å². The normalized spacial score (nSPS) is 17.5. The number of nitrogens with zero attached hydrogens (tertiary/aromatic N) is 2. The lowest BCUT2D eigenvalue weighted by molar-refractivity contribution is -0.384. The molecule has 1 fully saturated rings. The highest BCUT2D eigenvalue weighted by Gasteiger charge is 2.14. The van der Waals surface area contributed by atoms with Crippen molar-refractivity contribution in [2.24, 2.45) is 0 Å². The first-order valence-electron chi connectivity index (χ1n) is 6.83. The Balaban J connectivity index is 2.06. The van der Waals surface area contributed by atoms with Gasteiger partial charge in [0.25, 0.3) is 5.69 Å². The SMILES string of the molecule is Nc1cc([N+](=O)[O-])cc(NC2CCCCCCC2)n1. The molecule has 2 rings (SSSR count). The summed E-state index contributed by atoms with van der Waals surface area (Å²) in [6.45, 7) is 0. The summed E-state index contributed by atoms with van der Waals surface area (Å²) in [6.07, 6.45) is 8.42. The van der Waals surface area contributed by atoms with Gasteiger partial charge in [-0.3, -0.25) is 10.1 Å². The van der Waals surface area contributed by atoms with Crippen molar-refractivity contribution in [1.82, 2.24) is 4.98 Å². The Hall–Kier alpha value is -1.85. The first kappa shape index (κ1) is 13.6. The first-order chi connectivity index (χ1) is 9.15. The maximum absolute atomic E-state index is 10.8. The quantitative estimate of drug-likeness (QED) is 0.646. The van der Waals surface area contributed by atoms with Gasteiger partial charge in [0.1, 0.15) is 11.6 Å².